The summed E-state index contributed by atoms with van der Waals surface area (Å²) in [5.74, 6) is -0.254. The number of benzene rings is 2. The Morgan fingerprint density at radius 2 is 1.85 bits per heavy atom. The van der Waals surface area contributed by atoms with Gasteiger partial charge in [-0.3, -0.25) is 9.10 Å². The smallest absolute Gasteiger partial charge is 0.324 e. The molecule has 0 atom stereocenters. The van der Waals surface area contributed by atoms with Gasteiger partial charge in [0.2, 0.25) is 5.95 Å². The van der Waals surface area contributed by atoms with Crippen molar-refractivity contribution in [3.63, 3.8) is 0 Å². The molecule has 0 fully saturated rings. The average Bonchev–Trinajstić information content (AvgIpc) is 3.20. The minimum absolute atomic E-state index is 0.120. The van der Waals surface area contributed by atoms with Gasteiger partial charge in [-0.25, -0.2) is 13.4 Å². The normalized spacial score (nSPS) is 11.5. The standard InChI is InChI=1S/C21H17Cl2N5O4S/c1-24-21-25-6-4-19(26-21)27-7-5-13-8-16(2-3-18(13)27)28(12-20(29)30)33(31,32)17-10-14(22)9-15(23)11-17/h2-11H,12H2,1H3,(H,29,30)(H,24,25,26). The molecule has 0 amide bonds. The van der Waals surface area contributed by atoms with Crippen LogP contribution >= 0.6 is 23.2 Å². The summed E-state index contributed by atoms with van der Waals surface area (Å²) in [7, 11) is -2.56. The third-order valence-electron chi connectivity index (χ3n) is 4.78. The number of halogens is 2. The molecule has 12 heteroatoms. The Hall–Kier alpha value is -3.34. The van der Waals surface area contributed by atoms with Crippen molar-refractivity contribution in [1.82, 2.24) is 14.5 Å². The highest BCUT2D eigenvalue weighted by atomic mass is 35.5. The second-order valence-electron chi connectivity index (χ2n) is 6.93. The Bertz CT molecular complexity index is 1450. The summed E-state index contributed by atoms with van der Waals surface area (Å²) in [5, 5.41) is 13.2. The number of hydrogen-bond acceptors (Lipinski definition) is 6. The topological polar surface area (TPSA) is 117 Å². The Morgan fingerprint density at radius 3 is 2.52 bits per heavy atom. The first-order valence-corrected chi connectivity index (χ1v) is 11.7. The Labute approximate surface area is 199 Å². The van der Waals surface area contributed by atoms with Crippen LogP contribution in [0.25, 0.3) is 16.7 Å². The van der Waals surface area contributed by atoms with Gasteiger partial charge >= 0.3 is 5.97 Å². The van der Waals surface area contributed by atoms with Gasteiger partial charge in [-0.05, 0) is 48.5 Å². The van der Waals surface area contributed by atoms with E-state index in [-0.39, 0.29) is 20.6 Å². The van der Waals surface area contributed by atoms with Crippen LogP contribution in [0.5, 0.6) is 0 Å². The maximum Gasteiger partial charge on any atom is 0.324 e. The van der Waals surface area contributed by atoms with Crippen molar-refractivity contribution in [3.8, 4) is 5.82 Å². The van der Waals surface area contributed by atoms with Gasteiger partial charge in [-0.1, -0.05) is 23.2 Å². The Balaban J connectivity index is 1.81. The van der Waals surface area contributed by atoms with Crippen LogP contribution in [0, 0.1) is 0 Å². The molecule has 4 rings (SSSR count). The van der Waals surface area contributed by atoms with Gasteiger partial charge in [0.05, 0.1) is 16.1 Å². The number of nitrogens with one attached hydrogen (secondary N) is 1. The monoisotopic (exact) mass is 505 g/mol. The SMILES string of the molecule is CNc1nccc(-n2ccc3cc(N(CC(=O)O)S(=O)(=O)c4cc(Cl)cc(Cl)c4)ccc32)n1. The molecule has 0 unspecified atom stereocenters. The first kappa shape index (κ1) is 22.8. The largest absolute Gasteiger partial charge is 0.480 e. The number of aliphatic carboxylic acids is 1. The van der Waals surface area contributed by atoms with Crippen molar-refractivity contribution in [2.45, 2.75) is 4.90 Å². The molecular formula is C21H17Cl2N5O4S. The Kier molecular flexibility index (Phi) is 6.15. The predicted octanol–water partition coefficient (Wildman–Crippen LogP) is 4.05. The highest BCUT2D eigenvalue weighted by Gasteiger charge is 2.28. The molecule has 9 nitrogen and oxygen atoms in total. The van der Waals surface area contributed by atoms with E-state index in [1.807, 2.05) is 4.57 Å². The van der Waals surface area contributed by atoms with Crippen LogP contribution in [0.2, 0.25) is 10.0 Å². The number of anilines is 2. The fourth-order valence-electron chi connectivity index (χ4n) is 3.33. The van der Waals surface area contributed by atoms with Gasteiger partial charge in [0.15, 0.2) is 0 Å². The second kappa shape index (κ2) is 8.89. The summed E-state index contributed by atoms with van der Waals surface area (Å²) in [4.78, 5) is 19.8. The lowest BCUT2D eigenvalue weighted by Crippen LogP contribution is -2.35. The van der Waals surface area contributed by atoms with E-state index >= 15 is 0 Å². The van der Waals surface area contributed by atoms with Crippen molar-refractivity contribution in [2.75, 3.05) is 23.2 Å². The highest BCUT2D eigenvalue weighted by Crippen LogP contribution is 2.31. The summed E-state index contributed by atoms with van der Waals surface area (Å²) in [6.07, 6.45) is 3.40. The molecule has 0 spiro atoms. The number of rotatable bonds is 7. The summed E-state index contributed by atoms with van der Waals surface area (Å²) in [6, 6.07) is 12.2. The fourth-order valence-corrected chi connectivity index (χ4v) is 5.46. The first-order valence-electron chi connectivity index (χ1n) is 9.52. The number of carbonyl (C=O) groups is 1. The van der Waals surface area contributed by atoms with Gasteiger partial charge < -0.3 is 15.0 Å². The van der Waals surface area contributed by atoms with Crippen LogP contribution in [-0.4, -0.2) is 47.6 Å². The van der Waals surface area contributed by atoms with E-state index < -0.39 is 22.5 Å². The summed E-state index contributed by atoms with van der Waals surface area (Å²) in [5.41, 5.74) is 0.926. The Morgan fingerprint density at radius 1 is 1.12 bits per heavy atom. The van der Waals surface area contributed by atoms with Crippen LogP contribution < -0.4 is 9.62 Å². The van der Waals surface area contributed by atoms with Crippen molar-refractivity contribution >= 4 is 61.7 Å². The molecule has 33 heavy (non-hydrogen) atoms. The van der Waals surface area contributed by atoms with E-state index in [2.05, 4.69) is 15.3 Å². The molecule has 0 saturated carbocycles. The lowest BCUT2D eigenvalue weighted by atomic mass is 10.2. The van der Waals surface area contributed by atoms with Crippen LogP contribution in [0.15, 0.2) is 65.8 Å². The number of hydrogen-bond donors (Lipinski definition) is 2. The van der Waals surface area contributed by atoms with Gasteiger partial charge in [-0.15, -0.1) is 0 Å². The lowest BCUT2D eigenvalue weighted by Gasteiger charge is -2.23. The quantitative estimate of drug-likeness (QED) is 0.388. The van der Waals surface area contributed by atoms with Crippen LogP contribution in [0.4, 0.5) is 11.6 Å². The van der Waals surface area contributed by atoms with Crippen LogP contribution in [-0.2, 0) is 14.8 Å². The first-order chi connectivity index (χ1) is 15.7. The molecule has 4 aromatic rings. The molecule has 170 valence electrons. The maximum absolute atomic E-state index is 13.3. The van der Waals surface area contributed by atoms with E-state index in [4.69, 9.17) is 23.2 Å². The average molecular weight is 506 g/mol. The fraction of sp³-hybridized carbons (Fsp3) is 0.0952. The third-order valence-corrected chi connectivity index (χ3v) is 6.96. The summed E-state index contributed by atoms with van der Waals surface area (Å²) in [6.45, 7) is -0.782. The molecule has 0 bridgehead atoms. The number of sulfonamides is 1. The number of aromatic nitrogens is 3. The minimum atomic E-state index is -4.27. The van der Waals surface area contributed by atoms with Gasteiger partial charge in [0, 0.05) is 34.9 Å². The summed E-state index contributed by atoms with van der Waals surface area (Å²) < 4.78 is 29.3. The lowest BCUT2D eigenvalue weighted by molar-refractivity contribution is -0.135. The number of fused-ring (bicyclic) bond motifs is 1. The van der Waals surface area contributed by atoms with Crippen molar-refractivity contribution in [1.29, 1.82) is 0 Å². The molecule has 2 N–H and O–H groups in total. The number of nitrogens with zero attached hydrogens (tertiary/aromatic N) is 4. The van der Waals surface area contributed by atoms with Gasteiger partial charge in [-0.2, -0.15) is 4.98 Å². The molecule has 0 radical (unpaired) electrons. The molecular weight excluding hydrogens is 489 g/mol. The predicted molar refractivity (Wildman–Crippen MR) is 127 cm³/mol. The zero-order valence-electron chi connectivity index (χ0n) is 17.1. The molecule has 2 heterocycles. The molecule has 2 aromatic carbocycles. The third kappa shape index (κ3) is 4.58. The van der Waals surface area contributed by atoms with Crippen molar-refractivity contribution in [2.24, 2.45) is 0 Å². The van der Waals surface area contributed by atoms with Crippen molar-refractivity contribution in [3.05, 3.63) is 71.0 Å². The second-order valence-corrected chi connectivity index (χ2v) is 9.66. The van der Waals surface area contributed by atoms with E-state index in [0.29, 0.717) is 17.2 Å². The number of carboxylic acid groups (broad SMARTS) is 1. The zero-order chi connectivity index (χ0) is 23.8. The van der Waals surface area contributed by atoms with E-state index in [1.165, 1.54) is 24.3 Å². The molecule has 0 aliphatic rings. The van der Waals surface area contributed by atoms with Crippen LogP contribution in [0.1, 0.15) is 0 Å². The summed E-state index contributed by atoms with van der Waals surface area (Å²) >= 11 is 11.9. The zero-order valence-corrected chi connectivity index (χ0v) is 19.4. The minimum Gasteiger partial charge on any atom is -0.480 e. The van der Waals surface area contributed by atoms with Crippen LogP contribution in [0.3, 0.4) is 0 Å². The molecule has 0 saturated heterocycles. The van der Waals surface area contributed by atoms with E-state index in [0.717, 1.165) is 9.82 Å². The molecule has 0 aliphatic carbocycles. The molecule has 0 aliphatic heterocycles. The highest BCUT2D eigenvalue weighted by molar-refractivity contribution is 7.92. The van der Waals surface area contributed by atoms with Gasteiger partial charge in [0.1, 0.15) is 12.4 Å². The number of carboxylic acids is 1. The maximum atomic E-state index is 13.3. The van der Waals surface area contributed by atoms with Gasteiger partial charge in [0.25, 0.3) is 10.0 Å². The van der Waals surface area contributed by atoms with E-state index in [1.54, 1.807) is 43.7 Å². The van der Waals surface area contributed by atoms with Crippen molar-refractivity contribution < 1.29 is 18.3 Å². The molecule has 2 aromatic heterocycles. The van der Waals surface area contributed by atoms with E-state index in [9.17, 15) is 18.3 Å².